The molecular weight excluding hydrogens is 401 g/mol. The van der Waals surface area contributed by atoms with E-state index in [4.69, 9.17) is 0 Å². The van der Waals surface area contributed by atoms with E-state index in [9.17, 15) is 23.4 Å². The highest BCUT2D eigenvalue weighted by atomic mass is 19.4. The van der Waals surface area contributed by atoms with Gasteiger partial charge in [0, 0.05) is 0 Å². The third-order valence-electron chi connectivity index (χ3n) is 10.4. The third-order valence-corrected chi connectivity index (χ3v) is 10.4. The highest BCUT2D eigenvalue weighted by Crippen LogP contribution is 2.67. The molecule has 0 aromatic rings. The Morgan fingerprint density at radius 2 is 1.74 bits per heavy atom. The lowest BCUT2D eigenvalue weighted by atomic mass is 9.46. The summed E-state index contributed by atoms with van der Waals surface area (Å²) in [4.78, 5) is 0. The van der Waals surface area contributed by atoms with Crippen LogP contribution in [0.1, 0.15) is 91.9 Å². The van der Waals surface area contributed by atoms with Crippen LogP contribution >= 0.6 is 0 Å². The Labute approximate surface area is 185 Å². The molecule has 4 rings (SSSR count). The normalized spacial score (nSPS) is 47.1. The maximum absolute atomic E-state index is 12.8. The first-order valence-electron chi connectivity index (χ1n) is 12.4. The minimum atomic E-state index is -4.51. The molecule has 9 atom stereocenters. The number of aliphatic hydroxyl groups is 2. The molecule has 0 aromatic heterocycles. The number of fused-ring (bicyclic) bond motifs is 5. The van der Waals surface area contributed by atoms with Gasteiger partial charge in [-0.05, 0) is 112 Å². The van der Waals surface area contributed by atoms with Gasteiger partial charge in [-0.1, -0.05) is 32.4 Å². The Morgan fingerprint density at radius 3 is 2.42 bits per heavy atom. The van der Waals surface area contributed by atoms with Crippen molar-refractivity contribution < 1.29 is 23.4 Å². The second kappa shape index (κ2) is 7.75. The summed E-state index contributed by atoms with van der Waals surface area (Å²) in [5.41, 5.74) is 1.30. The Balaban J connectivity index is 1.48. The number of aliphatic hydroxyl groups excluding tert-OH is 1. The molecule has 178 valence electrons. The lowest BCUT2D eigenvalue weighted by Crippen LogP contribution is -2.52. The summed E-state index contributed by atoms with van der Waals surface area (Å²) in [7, 11) is 0. The summed E-state index contributed by atoms with van der Waals surface area (Å²) in [6, 6.07) is 0. The van der Waals surface area contributed by atoms with E-state index in [1.54, 1.807) is 0 Å². The van der Waals surface area contributed by atoms with Crippen LogP contribution in [-0.4, -0.2) is 28.1 Å². The Kier molecular flexibility index (Phi) is 5.90. The van der Waals surface area contributed by atoms with Gasteiger partial charge in [-0.2, -0.15) is 13.2 Å². The summed E-state index contributed by atoms with van der Waals surface area (Å²) in [6.45, 7) is 8.92. The number of rotatable bonds is 4. The van der Waals surface area contributed by atoms with E-state index in [-0.39, 0.29) is 23.2 Å². The van der Waals surface area contributed by atoms with Gasteiger partial charge in [-0.3, -0.25) is 0 Å². The minimum Gasteiger partial charge on any atom is -0.390 e. The average Bonchev–Trinajstić information content (AvgIpc) is 3.02. The molecule has 4 aliphatic rings. The van der Waals surface area contributed by atoms with Gasteiger partial charge in [0.2, 0.25) is 0 Å². The van der Waals surface area contributed by atoms with Gasteiger partial charge in [-0.15, -0.1) is 0 Å². The quantitative estimate of drug-likeness (QED) is 0.478. The fourth-order valence-electron chi connectivity index (χ4n) is 8.57. The molecule has 0 bridgehead atoms. The smallest absolute Gasteiger partial charge is 0.390 e. The van der Waals surface area contributed by atoms with Gasteiger partial charge in [-0.25, -0.2) is 0 Å². The molecule has 5 heteroatoms. The van der Waals surface area contributed by atoms with Crippen LogP contribution in [-0.2, 0) is 0 Å². The first-order valence-corrected chi connectivity index (χ1v) is 12.4. The van der Waals surface area contributed by atoms with E-state index in [1.807, 2.05) is 6.92 Å². The standard InChI is InChI=1S/C26H41F3O2/c1-16(5-10-22(30)26(27,28)29)19-8-9-20-18-7-6-17-15-23(2,31)13-14-24(17,3)21(18)11-12-25(19,20)4/h6,16,18-22,30-31H,5,7-15H2,1-4H3/t16-,18+,19-,20+,21+,22?,23+,24?,25-/m1/s1. The monoisotopic (exact) mass is 442 g/mol. The largest absolute Gasteiger partial charge is 0.414 e. The van der Waals surface area contributed by atoms with Crippen LogP contribution in [0.5, 0.6) is 0 Å². The van der Waals surface area contributed by atoms with Gasteiger partial charge in [0.05, 0.1) is 5.60 Å². The fraction of sp³-hybridized carbons (Fsp3) is 0.923. The van der Waals surface area contributed by atoms with E-state index in [0.717, 1.165) is 38.5 Å². The van der Waals surface area contributed by atoms with Gasteiger partial charge >= 0.3 is 6.18 Å². The van der Waals surface area contributed by atoms with Crippen molar-refractivity contribution in [3.05, 3.63) is 11.6 Å². The summed E-state index contributed by atoms with van der Waals surface area (Å²) < 4.78 is 38.3. The van der Waals surface area contributed by atoms with E-state index in [2.05, 4.69) is 26.8 Å². The van der Waals surface area contributed by atoms with Crippen LogP contribution in [0.2, 0.25) is 0 Å². The van der Waals surface area contributed by atoms with E-state index in [1.165, 1.54) is 18.4 Å². The van der Waals surface area contributed by atoms with Crippen molar-refractivity contribution in [3.8, 4) is 0 Å². The SMILES string of the molecule is C[C@H](CCC(O)C(F)(F)F)[C@H]1CC[C@H]2[C@@H]3CC=C4C[C@@](C)(O)CCC4(C)[C@H]3CC[C@]12C. The molecule has 2 N–H and O–H groups in total. The molecular formula is C26H41F3O2. The molecule has 0 aromatic carbocycles. The zero-order valence-electron chi connectivity index (χ0n) is 19.6. The van der Waals surface area contributed by atoms with Gasteiger partial charge in [0.1, 0.15) is 6.10 Å². The number of hydrogen-bond acceptors (Lipinski definition) is 2. The van der Waals surface area contributed by atoms with Gasteiger partial charge in [0.25, 0.3) is 0 Å². The molecule has 2 unspecified atom stereocenters. The number of hydrogen-bond donors (Lipinski definition) is 2. The molecule has 0 amide bonds. The van der Waals surface area contributed by atoms with Gasteiger partial charge < -0.3 is 10.2 Å². The molecule has 3 fully saturated rings. The Hall–Kier alpha value is -0.550. The van der Waals surface area contributed by atoms with Crippen molar-refractivity contribution in [3.63, 3.8) is 0 Å². The molecule has 0 heterocycles. The maximum Gasteiger partial charge on any atom is 0.414 e. The molecule has 2 nitrogen and oxygen atoms in total. The average molecular weight is 443 g/mol. The van der Waals surface area contributed by atoms with E-state index in [0.29, 0.717) is 30.1 Å². The summed E-state index contributed by atoms with van der Waals surface area (Å²) in [6.07, 6.45) is 4.48. The topological polar surface area (TPSA) is 40.5 Å². The predicted molar refractivity (Wildman–Crippen MR) is 116 cm³/mol. The van der Waals surface area contributed by atoms with Crippen molar-refractivity contribution in [2.45, 2.75) is 110 Å². The second-order valence-electron chi connectivity index (χ2n) is 12.3. The molecule has 0 saturated heterocycles. The fourth-order valence-corrected chi connectivity index (χ4v) is 8.57. The highest BCUT2D eigenvalue weighted by molar-refractivity contribution is 5.26. The van der Waals surface area contributed by atoms with Crippen LogP contribution in [0.3, 0.4) is 0 Å². The van der Waals surface area contributed by atoms with Crippen LogP contribution in [0.15, 0.2) is 11.6 Å². The minimum absolute atomic E-state index is 0.182. The van der Waals surface area contributed by atoms with Crippen LogP contribution in [0.25, 0.3) is 0 Å². The number of halogens is 3. The highest BCUT2D eigenvalue weighted by Gasteiger charge is 2.59. The van der Waals surface area contributed by atoms with E-state index < -0.39 is 17.9 Å². The van der Waals surface area contributed by atoms with Crippen molar-refractivity contribution in [2.24, 2.45) is 40.4 Å². The second-order valence-corrected chi connectivity index (χ2v) is 12.3. The van der Waals surface area contributed by atoms with E-state index >= 15 is 0 Å². The van der Waals surface area contributed by atoms with Crippen molar-refractivity contribution in [1.82, 2.24) is 0 Å². The lowest BCUT2D eigenvalue weighted by molar-refractivity contribution is -0.206. The van der Waals surface area contributed by atoms with Crippen LogP contribution in [0.4, 0.5) is 13.2 Å². The van der Waals surface area contributed by atoms with Gasteiger partial charge in [0.15, 0.2) is 0 Å². The third kappa shape index (κ3) is 4.00. The zero-order valence-corrected chi connectivity index (χ0v) is 19.6. The van der Waals surface area contributed by atoms with Crippen LogP contribution in [0, 0.1) is 40.4 Å². The van der Waals surface area contributed by atoms with Crippen molar-refractivity contribution in [2.75, 3.05) is 0 Å². The van der Waals surface area contributed by atoms with Crippen LogP contribution < -0.4 is 0 Å². The first-order chi connectivity index (χ1) is 14.3. The zero-order chi connectivity index (χ0) is 22.8. The first kappa shape index (κ1) is 23.6. The molecule has 31 heavy (non-hydrogen) atoms. The molecule has 0 radical (unpaired) electrons. The van der Waals surface area contributed by atoms with Crippen molar-refractivity contribution in [1.29, 1.82) is 0 Å². The summed E-state index contributed by atoms with van der Waals surface area (Å²) >= 11 is 0. The number of alkyl halides is 3. The molecule has 0 aliphatic heterocycles. The molecule has 0 spiro atoms. The van der Waals surface area contributed by atoms with Crippen molar-refractivity contribution >= 4 is 0 Å². The predicted octanol–water partition coefficient (Wildman–Crippen LogP) is 6.66. The molecule has 3 saturated carbocycles. The maximum atomic E-state index is 12.8. The Morgan fingerprint density at radius 1 is 1.03 bits per heavy atom. The summed E-state index contributed by atoms with van der Waals surface area (Å²) in [5.74, 6) is 2.63. The number of allylic oxidation sites excluding steroid dienone is 1. The lowest BCUT2D eigenvalue weighted by Gasteiger charge is -2.59. The molecule has 4 aliphatic carbocycles. The summed E-state index contributed by atoms with van der Waals surface area (Å²) in [5, 5.41) is 20.1. The Bertz CT molecular complexity index is 714.